The number of nitrogens with one attached hydrogen (secondary N) is 2. The molecule has 0 aromatic heterocycles. The molecule has 1 aromatic rings. The summed E-state index contributed by atoms with van der Waals surface area (Å²) < 4.78 is 14.6. The predicted octanol–water partition coefficient (Wildman–Crippen LogP) is 3.93. The number of aryl methyl sites for hydroxylation is 1. The highest BCUT2D eigenvalue weighted by Gasteiger charge is 2.31. The third-order valence-corrected chi connectivity index (χ3v) is 5.58. The molecule has 2 N–H and O–H groups in total. The highest BCUT2D eigenvalue weighted by atomic mass is 127. The molecule has 0 unspecified atom stereocenters. The Labute approximate surface area is 181 Å². The van der Waals surface area contributed by atoms with Crippen LogP contribution in [-0.2, 0) is 6.42 Å². The van der Waals surface area contributed by atoms with E-state index in [9.17, 15) is 4.39 Å². The standard InChI is InChI=1S/C19H28BrFN4.HI/c1-22-19(24-16-8-11-25(12-9-16)17-6-7-17)23-10-2-3-14-4-5-15(20)13-18(14)21;/h4-5,13,16-17H,2-3,6-12H2,1H3,(H2,22,23,24);1H. The van der Waals surface area contributed by atoms with Crippen molar-refractivity contribution >= 4 is 45.9 Å². The lowest BCUT2D eigenvalue weighted by molar-refractivity contribution is 0.197. The van der Waals surface area contributed by atoms with E-state index in [1.807, 2.05) is 19.2 Å². The summed E-state index contributed by atoms with van der Waals surface area (Å²) in [6.07, 6.45) is 6.74. The minimum absolute atomic E-state index is 0. The summed E-state index contributed by atoms with van der Waals surface area (Å²) in [5, 5.41) is 6.89. The van der Waals surface area contributed by atoms with Gasteiger partial charge in [0.05, 0.1) is 0 Å². The minimum atomic E-state index is -0.140. The van der Waals surface area contributed by atoms with Gasteiger partial charge >= 0.3 is 0 Å². The normalized spacial score (nSPS) is 19.1. The van der Waals surface area contributed by atoms with Crippen molar-refractivity contribution in [2.24, 2.45) is 4.99 Å². The Morgan fingerprint density at radius 1 is 1.27 bits per heavy atom. The van der Waals surface area contributed by atoms with Crippen molar-refractivity contribution in [2.45, 2.75) is 50.6 Å². The molecule has 0 spiro atoms. The van der Waals surface area contributed by atoms with Gasteiger partial charge in [0, 0.05) is 43.2 Å². The number of nitrogens with zero attached hydrogens (tertiary/aromatic N) is 2. The molecule has 7 heteroatoms. The Morgan fingerprint density at radius 2 is 2.00 bits per heavy atom. The number of hydrogen-bond acceptors (Lipinski definition) is 2. The van der Waals surface area contributed by atoms with E-state index in [2.05, 4.69) is 36.5 Å². The lowest BCUT2D eigenvalue weighted by Gasteiger charge is -2.33. The summed E-state index contributed by atoms with van der Waals surface area (Å²) in [7, 11) is 1.81. The van der Waals surface area contributed by atoms with Crippen LogP contribution in [0.4, 0.5) is 4.39 Å². The number of benzene rings is 1. The first-order valence-corrected chi connectivity index (χ1v) is 10.1. The molecule has 1 saturated heterocycles. The molecule has 0 amide bonds. The van der Waals surface area contributed by atoms with Crippen molar-refractivity contribution in [3.63, 3.8) is 0 Å². The average molecular weight is 539 g/mol. The fraction of sp³-hybridized carbons (Fsp3) is 0.632. The van der Waals surface area contributed by atoms with Crippen LogP contribution < -0.4 is 10.6 Å². The van der Waals surface area contributed by atoms with Gasteiger partial charge < -0.3 is 15.5 Å². The molecule has 3 rings (SSSR count). The van der Waals surface area contributed by atoms with Crippen LogP contribution in [0.5, 0.6) is 0 Å². The SMILES string of the molecule is CN=C(NCCCc1ccc(Br)cc1F)NC1CCN(C2CC2)CC1.I. The molecule has 1 saturated carbocycles. The van der Waals surface area contributed by atoms with Crippen LogP contribution in [0, 0.1) is 5.82 Å². The third-order valence-electron chi connectivity index (χ3n) is 5.09. The van der Waals surface area contributed by atoms with Crippen LogP contribution in [-0.4, -0.2) is 49.6 Å². The van der Waals surface area contributed by atoms with Crippen molar-refractivity contribution in [1.82, 2.24) is 15.5 Å². The summed E-state index contributed by atoms with van der Waals surface area (Å²) in [4.78, 5) is 6.95. The van der Waals surface area contributed by atoms with E-state index < -0.39 is 0 Å². The van der Waals surface area contributed by atoms with E-state index in [0.29, 0.717) is 6.04 Å². The molecule has 146 valence electrons. The minimum Gasteiger partial charge on any atom is -0.356 e. The van der Waals surface area contributed by atoms with Gasteiger partial charge in [-0.3, -0.25) is 4.99 Å². The van der Waals surface area contributed by atoms with E-state index in [4.69, 9.17) is 0 Å². The smallest absolute Gasteiger partial charge is 0.191 e. The van der Waals surface area contributed by atoms with Gasteiger partial charge in [-0.15, -0.1) is 24.0 Å². The summed E-state index contributed by atoms with van der Waals surface area (Å²) in [5.74, 6) is 0.723. The lowest BCUT2D eigenvalue weighted by Crippen LogP contribution is -2.49. The highest BCUT2D eigenvalue weighted by molar-refractivity contribution is 14.0. The second-order valence-electron chi connectivity index (χ2n) is 7.02. The maximum absolute atomic E-state index is 13.8. The monoisotopic (exact) mass is 538 g/mol. The van der Waals surface area contributed by atoms with Crippen LogP contribution in [0.1, 0.15) is 37.7 Å². The first kappa shape index (κ1) is 21.9. The Morgan fingerprint density at radius 3 is 2.62 bits per heavy atom. The fourth-order valence-corrected chi connectivity index (χ4v) is 3.78. The zero-order chi connectivity index (χ0) is 17.6. The van der Waals surface area contributed by atoms with Gasteiger partial charge in [-0.1, -0.05) is 22.0 Å². The van der Waals surface area contributed by atoms with E-state index in [0.717, 1.165) is 41.4 Å². The van der Waals surface area contributed by atoms with Crippen LogP contribution in [0.2, 0.25) is 0 Å². The second-order valence-corrected chi connectivity index (χ2v) is 7.94. The summed E-state index contributed by atoms with van der Waals surface area (Å²) in [6.45, 7) is 3.18. The molecule has 2 aliphatic rings. The van der Waals surface area contributed by atoms with E-state index in [-0.39, 0.29) is 29.8 Å². The Hall–Kier alpha value is -0.410. The number of guanidine groups is 1. The van der Waals surface area contributed by atoms with Gasteiger partial charge in [0.25, 0.3) is 0 Å². The zero-order valence-corrected chi connectivity index (χ0v) is 19.2. The molecular weight excluding hydrogens is 510 g/mol. The average Bonchev–Trinajstić information content (AvgIpc) is 3.45. The number of hydrogen-bond donors (Lipinski definition) is 2. The van der Waals surface area contributed by atoms with Gasteiger partial charge in [0.1, 0.15) is 5.82 Å². The topological polar surface area (TPSA) is 39.7 Å². The van der Waals surface area contributed by atoms with Crippen LogP contribution in [0.3, 0.4) is 0 Å². The molecule has 1 aliphatic carbocycles. The van der Waals surface area contributed by atoms with Crippen molar-refractivity contribution in [3.05, 3.63) is 34.1 Å². The maximum Gasteiger partial charge on any atom is 0.191 e. The number of rotatable bonds is 6. The summed E-state index contributed by atoms with van der Waals surface area (Å²) >= 11 is 3.29. The summed E-state index contributed by atoms with van der Waals surface area (Å²) in [6, 6.07) is 6.64. The number of likely N-dealkylation sites (tertiary alicyclic amines) is 1. The number of piperidine rings is 1. The lowest BCUT2D eigenvalue weighted by atomic mass is 10.1. The predicted molar refractivity (Wildman–Crippen MR) is 120 cm³/mol. The number of halogens is 3. The second kappa shape index (κ2) is 10.8. The van der Waals surface area contributed by atoms with Crippen LogP contribution in [0.25, 0.3) is 0 Å². The van der Waals surface area contributed by atoms with Crippen molar-refractivity contribution in [1.29, 1.82) is 0 Å². The maximum atomic E-state index is 13.8. The molecular formula is C19H29BrFIN4. The summed E-state index contributed by atoms with van der Waals surface area (Å²) in [5.41, 5.74) is 0.764. The number of aliphatic imine (C=N–C) groups is 1. The quantitative estimate of drug-likeness (QED) is 0.249. The van der Waals surface area contributed by atoms with Gasteiger partial charge in [0.15, 0.2) is 5.96 Å². The van der Waals surface area contributed by atoms with Crippen molar-refractivity contribution in [3.8, 4) is 0 Å². The Balaban J connectivity index is 0.00000243. The van der Waals surface area contributed by atoms with E-state index in [1.54, 1.807) is 0 Å². The van der Waals surface area contributed by atoms with Crippen molar-refractivity contribution < 1.29 is 4.39 Å². The first-order chi connectivity index (χ1) is 12.2. The molecule has 4 nitrogen and oxygen atoms in total. The van der Waals surface area contributed by atoms with Gasteiger partial charge in [0.2, 0.25) is 0 Å². The van der Waals surface area contributed by atoms with Gasteiger partial charge in [-0.2, -0.15) is 0 Å². The largest absolute Gasteiger partial charge is 0.356 e. The molecule has 1 aromatic carbocycles. The fourth-order valence-electron chi connectivity index (χ4n) is 3.45. The molecule has 26 heavy (non-hydrogen) atoms. The van der Waals surface area contributed by atoms with Crippen LogP contribution >= 0.6 is 39.9 Å². The Kier molecular flexibility index (Phi) is 9.09. The third kappa shape index (κ3) is 6.64. The molecule has 0 radical (unpaired) electrons. The molecule has 2 fully saturated rings. The van der Waals surface area contributed by atoms with Gasteiger partial charge in [-0.25, -0.2) is 4.39 Å². The van der Waals surface area contributed by atoms with Crippen molar-refractivity contribution in [2.75, 3.05) is 26.7 Å². The molecule has 0 atom stereocenters. The van der Waals surface area contributed by atoms with E-state index in [1.165, 1.54) is 44.8 Å². The zero-order valence-electron chi connectivity index (χ0n) is 15.3. The Bertz CT molecular complexity index is 601. The van der Waals surface area contributed by atoms with E-state index >= 15 is 0 Å². The van der Waals surface area contributed by atoms with Crippen LogP contribution in [0.15, 0.2) is 27.7 Å². The molecule has 0 bridgehead atoms. The first-order valence-electron chi connectivity index (χ1n) is 9.31. The molecule has 1 aliphatic heterocycles. The van der Waals surface area contributed by atoms with Gasteiger partial charge in [-0.05, 0) is 56.2 Å². The molecule has 1 heterocycles. The highest BCUT2D eigenvalue weighted by Crippen LogP contribution is 2.29.